The van der Waals surface area contributed by atoms with Crippen molar-refractivity contribution in [2.75, 3.05) is 40.9 Å². The van der Waals surface area contributed by atoms with Crippen molar-refractivity contribution in [1.82, 2.24) is 5.32 Å². The molecule has 0 aliphatic rings. The standard InChI is InChI=1S/C79H155N2O7P/c1-7-10-13-16-19-22-25-27-29-31-33-35-37-39-40-42-43-45-47-49-51-53-56-59-62-65-68-71-78(82)80-76(75-87-89(84,85)86-74-73-81(4,5)6)77(70-67-64-61-58-55-24-21-18-15-12-9-3)88-79(83)72-69-66-63-60-57-54-52-50-48-46-44-41-38-36-34-32-30-28-26-23-20-17-14-11-8-2/h28,30,67,70,76-77H,7-27,29,31-66,68-69,71-75H2,1-6H3,(H-,80,82,84,85)/b30-28+,70-67+. The van der Waals surface area contributed by atoms with Gasteiger partial charge in [0.2, 0.25) is 5.91 Å². The Morgan fingerprint density at radius 3 is 0.955 bits per heavy atom. The zero-order chi connectivity index (χ0) is 64.9. The number of phosphoric ester groups is 1. The second kappa shape index (κ2) is 69.3. The minimum Gasteiger partial charge on any atom is -0.756 e. The highest BCUT2D eigenvalue weighted by atomic mass is 31.2. The molecule has 0 heterocycles. The van der Waals surface area contributed by atoms with Crippen LogP contribution in [0.25, 0.3) is 0 Å². The minimum atomic E-state index is -4.70. The molecule has 0 saturated heterocycles. The van der Waals surface area contributed by atoms with E-state index in [4.69, 9.17) is 13.8 Å². The number of rotatable bonds is 74. The summed E-state index contributed by atoms with van der Waals surface area (Å²) >= 11 is 0. The lowest BCUT2D eigenvalue weighted by Crippen LogP contribution is -2.47. The molecule has 1 amide bonds. The number of quaternary nitrogens is 1. The summed E-state index contributed by atoms with van der Waals surface area (Å²) in [5.41, 5.74) is 0. The molecule has 0 aromatic rings. The fraction of sp³-hybridized carbons (Fsp3) is 0.924. The summed E-state index contributed by atoms with van der Waals surface area (Å²) in [6, 6.07) is -0.883. The highest BCUT2D eigenvalue weighted by Gasteiger charge is 2.27. The fourth-order valence-electron chi connectivity index (χ4n) is 12.3. The number of carbonyl (C=O) groups excluding carboxylic acids is 2. The van der Waals surface area contributed by atoms with Gasteiger partial charge in [0.1, 0.15) is 19.3 Å². The number of phosphoric acid groups is 1. The average Bonchev–Trinajstić information content (AvgIpc) is 3.64. The SMILES string of the molecule is CCCCCCCC/C=C/CCCCCCCCCCCCCCCCCC(=O)OC(/C=C/CCCCCCCCCCC)C(COP(=O)([O-])OCC[N+](C)(C)C)NC(=O)CCCCCCCCCCCCCCCCCCCCCCCCCCCCC. The van der Waals surface area contributed by atoms with Crippen molar-refractivity contribution in [1.29, 1.82) is 0 Å². The molecule has 0 aliphatic carbocycles. The van der Waals surface area contributed by atoms with Crippen LogP contribution < -0.4 is 10.2 Å². The quantitative estimate of drug-likeness (QED) is 0.0212. The molecule has 3 unspecified atom stereocenters. The van der Waals surface area contributed by atoms with Crippen molar-refractivity contribution in [3.8, 4) is 0 Å². The molecular formula is C79H155N2O7P. The number of allylic oxidation sites excluding steroid dienone is 3. The molecule has 89 heavy (non-hydrogen) atoms. The Kier molecular flexibility index (Phi) is 68.1. The number of hydrogen-bond donors (Lipinski definition) is 1. The third-order valence-corrected chi connectivity index (χ3v) is 19.3. The highest BCUT2D eigenvalue weighted by Crippen LogP contribution is 2.38. The van der Waals surface area contributed by atoms with Crippen LogP contribution in [0.3, 0.4) is 0 Å². The summed E-state index contributed by atoms with van der Waals surface area (Å²) in [7, 11) is 1.21. The molecule has 0 fully saturated rings. The van der Waals surface area contributed by atoms with E-state index in [2.05, 4.69) is 38.2 Å². The maximum absolute atomic E-state index is 13.6. The Balaban J connectivity index is 4.84. The molecule has 0 aliphatic heterocycles. The average molecular weight is 1280 g/mol. The van der Waals surface area contributed by atoms with E-state index in [0.29, 0.717) is 17.4 Å². The lowest BCUT2D eigenvalue weighted by Gasteiger charge is -2.30. The summed E-state index contributed by atoms with van der Waals surface area (Å²) in [5, 5.41) is 3.06. The van der Waals surface area contributed by atoms with Crippen molar-refractivity contribution in [3.05, 3.63) is 24.3 Å². The van der Waals surface area contributed by atoms with Crippen molar-refractivity contribution in [2.24, 2.45) is 0 Å². The van der Waals surface area contributed by atoms with E-state index in [9.17, 15) is 19.0 Å². The number of amides is 1. The van der Waals surface area contributed by atoms with Crippen molar-refractivity contribution < 1.29 is 37.3 Å². The molecule has 0 spiro atoms. The molecule has 10 heteroatoms. The number of esters is 1. The van der Waals surface area contributed by atoms with E-state index in [1.54, 1.807) is 0 Å². The minimum absolute atomic E-state index is 0.0176. The van der Waals surface area contributed by atoms with Gasteiger partial charge >= 0.3 is 5.97 Å². The highest BCUT2D eigenvalue weighted by molar-refractivity contribution is 7.45. The van der Waals surface area contributed by atoms with Gasteiger partial charge in [-0.15, -0.1) is 0 Å². The third-order valence-electron chi connectivity index (χ3n) is 18.4. The first-order chi connectivity index (χ1) is 43.4. The molecule has 0 rings (SSSR count). The Bertz CT molecular complexity index is 1570. The van der Waals surface area contributed by atoms with E-state index < -0.39 is 20.0 Å². The molecule has 0 radical (unpaired) electrons. The van der Waals surface area contributed by atoms with Gasteiger partial charge in [0, 0.05) is 12.8 Å². The summed E-state index contributed by atoms with van der Waals surface area (Å²) in [6.07, 6.45) is 86.2. The monoisotopic (exact) mass is 1280 g/mol. The Hall–Kier alpha value is -1.51. The first kappa shape index (κ1) is 87.5. The fourth-order valence-corrected chi connectivity index (χ4v) is 13.0. The lowest BCUT2D eigenvalue weighted by molar-refractivity contribution is -0.870. The van der Waals surface area contributed by atoms with Crippen LogP contribution in [0.1, 0.15) is 419 Å². The molecule has 1 N–H and O–H groups in total. The number of unbranched alkanes of at least 4 members (excludes halogenated alkanes) is 56. The number of nitrogens with zero attached hydrogens (tertiary/aromatic N) is 1. The van der Waals surface area contributed by atoms with E-state index >= 15 is 0 Å². The first-order valence-corrected chi connectivity index (χ1v) is 41.1. The van der Waals surface area contributed by atoms with Crippen molar-refractivity contribution in [3.63, 3.8) is 0 Å². The topological polar surface area (TPSA) is 114 Å². The maximum atomic E-state index is 13.6. The molecule has 0 aromatic carbocycles. The van der Waals surface area contributed by atoms with Crippen LogP contribution >= 0.6 is 7.82 Å². The summed E-state index contributed by atoms with van der Waals surface area (Å²) in [5.74, 6) is -0.514. The Labute approximate surface area is 555 Å². The van der Waals surface area contributed by atoms with E-state index in [1.807, 2.05) is 33.3 Å². The number of likely N-dealkylation sites (N-methyl/N-ethyl adjacent to an activating group) is 1. The second-order valence-electron chi connectivity index (χ2n) is 28.6. The van der Waals surface area contributed by atoms with Gasteiger partial charge in [-0.3, -0.25) is 14.2 Å². The third kappa shape index (κ3) is 70.6. The van der Waals surface area contributed by atoms with Crippen molar-refractivity contribution in [2.45, 2.75) is 431 Å². The van der Waals surface area contributed by atoms with Gasteiger partial charge in [-0.05, 0) is 57.4 Å². The van der Waals surface area contributed by atoms with E-state index in [1.165, 1.54) is 327 Å². The molecule has 0 aromatic heterocycles. The van der Waals surface area contributed by atoms with E-state index in [-0.39, 0.29) is 31.5 Å². The van der Waals surface area contributed by atoms with Gasteiger partial charge in [0.05, 0.1) is 33.8 Å². The second-order valence-corrected chi connectivity index (χ2v) is 30.0. The zero-order valence-electron chi connectivity index (χ0n) is 60.7. The summed E-state index contributed by atoms with van der Waals surface area (Å²) in [6.45, 7) is 6.92. The number of hydrogen-bond acceptors (Lipinski definition) is 7. The van der Waals surface area contributed by atoms with Crippen LogP contribution in [-0.2, 0) is 27.9 Å². The van der Waals surface area contributed by atoms with Gasteiger partial charge < -0.3 is 28.5 Å². The number of nitrogens with one attached hydrogen (secondary N) is 1. The maximum Gasteiger partial charge on any atom is 0.306 e. The van der Waals surface area contributed by atoms with Gasteiger partial charge in [-0.1, -0.05) is 373 Å². The molecule has 0 saturated carbocycles. The van der Waals surface area contributed by atoms with Gasteiger partial charge in [0.25, 0.3) is 7.82 Å². The molecule has 9 nitrogen and oxygen atoms in total. The van der Waals surface area contributed by atoms with Crippen LogP contribution in [0.15, 0.2) is 24.3 Å². The van der Waals surface area contributed by atoms with Crippen LogP contribution in [-0.4, -0.2) is 69.4 Å². The molecule has 3 atom stereocenters. The van der Waals surface area contributed by atoms with Crippen LogP contribution in [0.4, 0.5) is 0 Å². The van der Waals surface area contributed by atoms with Crippen molar-refractivity contribution >= 4 is 19.7 Å². The van der Waals surface area contributed by atoms with Crippen LogP contribution in [0.5, 0.6) is 0 Å². The zero-order valence-corrected chi connectivity index (χ0v) is 61.6. The number of carbonyl (C=O) groups is 2. The largest absolute Gasteiger partial charge is 0.756 e. The van der Waals surface area contributed by atoms with Gasteiger partial charge in [0.15, 0.2) is 0 Å². The summed E-state index contributed by atoms with van der Waals surface area (Å²) < 4.78 is 30.5. The Morgan fingerprint density at radius 2 is 0.652 bits per heavy atom. The summed E-state index contributed by atoms with van der Waals surface area (Å²) in [4.78, 5) is 40.3. The Morgan fingerprint density at radius 1 is 0.382 bits per heavy atom. The van der Waals surface area contributed by atoms with Crippen LogP contribution in [0, 0.1) is 0 Å². The molecular weight excluding hydrogens is 1120 g/mol. The predicted molar refractivity (Wildman–Crippen MR) is 386 cm³/mol. The van der Waals surface area contributed by atoms with E-state index in [0.717, 1.165) is 57.8 Å². The lowest BCUT2D eigenvalue weighted by atomic mass is 10.0. The van der Waals surface area contributed by atoms with Crippen LogP contribution in [0.2, 0.25) is 0 Å². The molecule has 528 valence electrons. The van der Waals surface area contributed by atoms with Gasteiger partial charge in [-0.2, -0.15) is 0 Å². The predicted octanol–water partition coefficient (Wildman–Crippen LogP) is 24.9. The smallest absolute Gasteiger partial charge is 0.306 e. The number of ether oxygens (including phenoxy) is 1. The normalized spacial score (nSPS) is 13.5. The molecule has 0 bridgehead atoms. The first-order valence-electron chi connectivity index (χ1n) is 39.6. The van der Waals surface area contributed by atoms with Gasteiger partial charge in [-0.25, -0.2) is 0 Å².